The van der Waals surface area contributed by atoms with Crippen LogP contribution in [-0.4, -0.2) is 35.0 Å². The Morgan fingerprint density at radius 3 is 2.72 bits per heavy atom. The fourth-order valence-corrected chi connectivity index (χ4v) is 2.28. The molecule has 0 saturated carbocycles. The smallest absolute Gasteiger partial charge is 0.387 e. The average molecular weight is 348 g/mol. The summed E-state index contributed by atoms with van der Waals surface area (Å²) in [4.78, 5) is 12.2. The van der Waals surface area contributed by atoms with Crippen molar-refractivity contribution in [2.45, 2.75) is 13.2 Å². The number of halogens is 2. The number of nitrogens with zero attached hydrogens (tertiary/aromatic N) is 2. The highest BCUT2D eigenvalue weighted by Crippen LogP contribution is 2.29. The summed E-state index contributed by atoms with van der Waals surface area (Å²) in [7, 11) is 1.35. The molecule has 1 amide bonds. The number of benzene rings is 2. The van der Waals surface area contributed by atoms with E-state index < -0.39 is 6.61 Å². The zero-order valence-electron chi connectivity index (χ0n) is 13.1. The Hall–Kier alpha value is -3.23. The van der Waals surface area contributed by atoms with Crippen molar-refractivity contribution >= 4 is 16.9 Å². The molecule has 1 aromatic heterocycles. The molecule has 9 heteroatoms. The van der Waals surface area contributed by atoms with E-state index in [1.54, 1.807) is 24.3 Å². The fourth-order valence-electron chi connectivity index (χ4n) is 2.28. The monoisotopic (exact) mass is 348 g/mol. The molecule has 0 aliphatic heterocycles. The van der Waals surface area contributed by atoms with E-state index >= 15 is 0 Å². The predicted molar refractivity (Wildman–Crippen MR) is 84.7 cm³/mol. The summed E-state index contributed by atoms with van der Waals surface area (Å²) >= 11 is 0. The van der Waals surface area contributed by atoms with Crippen LogP contribution in [0, 0.1) is 0 Å². The van der Waals surface area contributed by atoms with Crippen LogP contribution in [0.5, 0.6) is 11.5 Å². The topological polar surface area (TPSA) is 89.1 Å². The number of ether oxygens (including phenoxy) is 2. The second-order valence-corrected chi connectivity index (χ2v) is 5.07. The lowest BCUT2D eigenvalue weighted by atomic mass is 10.1. The van der Waals surface area contributed by atoms with Gasteiger partial charge in [0.2, 0.25) is 0 Å². The molecular weight excluding hydrogens is 334 g/mol. The number of aromatic amines is 1. The number of H-pyrrole nitrogens is 1. The highest BCUT2D eigenvalue weighted by Gasteiger charge is 2.12. The second-order valence-electron chi connectivity index (χ2n) is 5.07. The first-order valence-electron chi connectivity index (χ1n) is 7.27. The van der Waals surface area contributed by atoms with E-state index in [1.165, 1.54) is 19.2 Å². The maximum atomic E-state index is 12.3. The number of aromatic nitrogens is 3. The molecule has 0 spiro atoms. The van der Waals surface area contributed by atoms with Gasteiger partial charge in [0.05, 0.1) is 7.11 Å². The van der Waals surface area contributed by atoms with Gasteiger partial charge in [-0.3, -0.25) is 4.79 Å². The molecule has 0 aliphatic rings. The van der Waals surface area contributed by atoms with Crippen molar-refractivity contribution < 1.29 is 23.0 Å². The van der Waals surface area contributed by atoms with Gasteiger partial charge in [-0.05, 0) is 35.9 Å². The third-order valence-electron chi connectivity index (χ3n) is 3.48. The van der Waals surface area contributed by atoms with E-state index in [1.807, 2.05) is 0 Å². The first-order chi connectivity index (χ1) is 12.1. The summed E-state index contributed by atoms with van der Waals surface area (Å²) in [6.45, 7) is -2.74. The number of methoxy groups -OCH3 is 1. The van der Waals surface area contributed by atoms with Crippen LogP contribution in [0.4, 0.5) is 8.78 Å². The Bertz CT molecular complexity index is 898. The van der Waals surface area contributed by atoms with Gasteiger partial charge in [-0.15, -0.1) is 0 Å². The first kappa shape index (κ1) is 16.6. The predicted octanol–water partition coefficient (Wildman–Crippen LogP) is 2.50. The Morgan fingerprint density at radius 1 is 1.16 bits per heavy atom. The molecule has 7 nitrogen and oxygen atoms in total. The van der Waals surface area contributed by atoms with Crippen LogP contribution >= 0.6 is 0 Å². The molecule has 1 heterocycles. The standard InChI is InChI=1S/C16H14F2N4O3/c1-24-14-6-9(2-5-13(14)25-16(17)18)8-19-15(23)10-3-4-11-12(7-10)21-22-20-11/h2-7,16H,8H2,1H3,(H,19,23)(H,20,21,22). The maximum absolute atomic E-state index is 12.3. The Morgan fingerprint density at radius 2 is 1.96 bits per heavy atom. The first-order valence-corrected chi connectivity index (χ1v) is 7.27. The molecule has 0 radical (unpaired) electrons. The summed E-state index contributed by atoms with van der Waals surface area (Å²) < 4.78 is 34.0. The number of fused-ring (bicyclic) bond motifs is 1. The molecule has 0 bridgehead atoms. The van der Waals surface area contributed by atoms with Crippen molar-refractivity contribution in [2.24, 2.45) is 0 Å². The quantitative estimate of drug-likeness (QED) is 0.714. The van der Waals surface area contributed by atoms with Crippen molar-refractivity contribution in [3.05, 3.63) is 47.5 Å². The van der Waals surface area contributed by atoms with E-state index in [2.05, 4.69) is 25.5 Å². The number of amides is 1. The van der Waals surface area contributed by atoms with E-state index in [-0.39, 0.29) is 24.0 Å². The van der Waals surface area contributed by atoms with Gasteiger partial charge in [0.1, 0.15) is 11.0 Å². The molecule has 0 saturated heterocycles. The van der Waals surface area contributed by atoms with E-state index in [9.17, 15) is 13.6 Å². The second kappa shape index (κ2) is 7.12. The summed E-state index contributed by atoms with van der Waals surface area (Å²) in [5.74, 6) is -0.197. The highest BCUT2D eigenvalue weighted by atomic mass is 19.3. The minimum absolute atomic E-state index is 0.0657. The fraction of sp³-hybridized carbons (Fsp3) is 0.188. The van der Waals surface area contributed by atoms with Crippen LogP contribution in [-0.2, 0) is 6.54 Å². The van der Waals surface area contributed by atoms with Crippen molar-refractivity contribution in [1.82, 2.24) is 20.7 Å². The molecule has 3 aromatic rings. The number of carbonyl (C=O) groups is 1. The average Bonchev–Trinajstić information content (AvgIpc) is 3.07. The summed E-state index contributed by atoms with van der Waals surface area (Å²) in [5, 5.41) is 13.1. The van der Waals surface area contributed by atoms with Crippen LogP contribution in [0.15, 0.2) is 36.4 Å². The number of rotatable bonds is 6. The van der Waals surface area contributed by atoms with Gasteiger partial charge >= 0.3 is 6.61 Å². The number of alkyl halides is 2. The molecular formula is C16H14F2N4O3. The molecule has 0 fully saturated rings. The SMILES string of the molecule is COc1cc(CNC(=O)c2ccc3n[nH]nc3c2)ccc1OC(F)F. The van der Waals surface area contributed by atoms with E-state index in [4.69, 9.17) is 4.74 Å². The largest absolute Gasteiger partial charge is 0.493 e. The lowest BCUT2D eigenvalue weighted by molar-refractivity contribution is -0.0512. The molecule has 25 heavy (non-hydrogen) atoms. The van der Waals surface area contributed by atoms with Crippen LogP contribution in [0.2, 0.25) is 0 Å². The summed E-state index contributed by atoms with van der Waals surface area (Å²) in [6, 6.07) is 9.41. The molecule has 3 rings (SSSR count). The van der Waals surface area contributed by atoms with Gasteiger partial charge in [-0.1, -0.05) is 6.07 Å². The van der Waals surface area contributed by atoms with Crippen LogP contribution in [0.3, 0.4) is 0 Å². The van der Waals surface area contributed by atoms with Gasteiger partial charge in [-0.2, -0.15) is 24.2 Å². The third-order valence-corrected chi connectivity index (χ3v) is 3.48. The number of carbonyl (C=O) groups excluding carboxylic acids is 1. The molecule has 0 unspecified atom stereocenters. The minimum atomic E-state index is -2.94. The Labute approximate surface area is 140 Å². The molecule has 0 atom stereocenters. The van der Waals surface area contributed by atoms with Crippen molar-refractivity contribution in [3.8, 4) is 11.5 Å². The highest BCUT2D eigenvalue weighted by molar-refractivity contribution is 5.97. The lowest BCUT2D eigenvalue weighted by Crippen LogP contribution is -2.22. The van der Waals surface area contributed by atoms with Gasteiger partial charge in [-0.25, -0.2) is 0 Å². The number of nitrogens with one attached hydrogen (secondary N) is 2. The van der Waals surface area contributed by atoms with Crippen LogP contribution in [0.25, 0.3) is 11.0 Å². The van der Waals surface area contributed by atoms with Crippen molar-refractivity contribution in [3.63, 3.8) is 0 Å². The normalized spacial score (nSPS) is 10.9. The summed E-state index contributed by atoms with van der Waals surface area (Å²) in [5.41, 5.74) is 2.36. The van der Waals surface area contributed by atoms with Gasteiger partial charge in [0, 0.05) is 12.1 Å². The Kier molecular flexibility index (Phi) is 4.73. The molecule has 130 valence electrons. The molecule has 2 N–H and O–H groups in total. The minimum Gasteiger partial charge on any atom is -0.493 e. The molecule has 2 aromatic carbocycles. The van der Waals surface area contributed by atoms with Crippen molar-refractivity contribution in [1.29, 1.82) is 0 Å². The lowest BCUT2D eigenvalue weighted by Gasteiger charge is -2.12. The molecule has 0 aliphatic carbocycles. The van der Waals surface area contributed by atoms with Gasteiger partial charge in [0.15, 0.2) is 11.5 Å². The van der Waals surface area contributed by atoms with Crippen LogP contribution in [0.1, 0.15) is 15.9 Å². The van der Waals surface area contributed by atoms with Crippen molar-refractivity contribution in [2.75, 3.05) is 7.11 Å². The zero-order valence-corrected chi connectivity index (χ0v) is 13.1. The third kappa shape index (κ3) is 3.82. The van der Waals surface area contributed by atoms with Gasteiger partial charge < -0.3 is 14.8 Å². The van der Waals surface area contributed by atoms with Crippen LogP contribution < -0.4 is 14.8 Å². The van der Waals surface area contributed by atoms with E-state index in [0.29, 0.717) is 22.2 Å². The number of hydrogen-bond acceptors (Lipinski definition) is 5. The van der Waals surface area contributed by atoms with E-state index in [0.717, 1.165) is 0 Å². The summed E-state index contributed by atoms with van der Waals surface area (Å²) in [6.07, 6.45) is 0. The number of hydrogen-bond donors (Lipinski definition) is 2. The Balaban J connectivity index is 1.68. The zero-order chi connectivity index (χ0) is 17.8. The maximum Gasteiger partial charge on any atom is 0.387 e. The van der Waals surface area contributed by atoms with Gasteiger partial charge in [0.25, 0.3) is 5.91 Å².